The minimum absolute atomic E-state index is 0.338. The molecule has 0 radical (unpaired) electrons. The molecule has 0 aliphatic heterocycles. The summed E-state index contributed by atoms with van der Waals surface area (Å²) in [7, 11) is 0. The predicted molar refractivity (Wildman–Crippen MR) is 127 cm³/mol. The quantitative estimate of drug-likeness (QED) is 0.413. The molecule has 4 heterocycles. The van der Waals surface area contributed by atoms with E-state index in [0.717, 1.165) is 44.5 Å². The van der Waals surface area contributed by atoms with Gasteiger partial charge < -0.3 is 11.5 Å². The Morgan fingerprint density at radius 1 is 0.903 bits per heavy atom. The second-order valence-corrected chi connectivity index (χ2v) is 8.14. The van der Waals surface area contributed by atoms with Crippen LogP contribution in [0.15, 0.2) is 78.6 Å². The van der Waals surface area contributed by atoms with E-state index in [2.05, 4.69) is 38.2 Å². The van der Waals surface area contributed by atoms with Crippen molar-refractivity contribution in [3.8, 4) is 38.8 Å². The van der Waals surface area contributed by atoms with Crippen LogP contribution in [-0.4, -0.2) is 19.5 Å². The van der Waals surface area contributed by atoms with Crippen molar-refractivity contribution in [1.29, 1.82) is 0 Å². The normalized spacial score (nSPS) is 11.0. The van der Waals surface area contributed by atoms with Crippen LogP contribution in [0, 0.1) is 6.92 Å². The van der Waals surface area contributed by atoms with Gasteiger partial charge in [-0.1, -0.05) is 30.3 Å². The summed E-state index contributed by atoms with van der Waals surface area (Å²) in [5.41, 5.74) is 18.2. The Bertz CT molecular complexity index is 1340. The number of hydrogen-bond acceptors (Lipinski definition) is 6. The number of nitrogens with zero attached hydrogens (tertiary/aromatic N) is 4. The lowest BCUT2D eigenvalue weighted by Crippen LogP contribution is -2.00. The molecule has 0 atom stereocenters. The molecular weight excluding hydrogens is 404 g/mol. The highest BCUT2D eigenvalue weighted by Gasteiger charge is 2.15. The minimum Gasteiger partial charge on any atom is -0.395 e. The number of aromatic nitrogens is 4. The summed E-state index contributed by atoms with van der Waals surface area (Å²) in [4.78, 5) is 14.6. The number of aryl methyl sites for hydroxylation is 1. The SMILES string of the molecule is Cc1ccc(-n2cc(-c3cccs3)nc2-c2ccc(-c3ccnc(N)c3N)cc2)cn1. The first kappa shape index (κ1) is 19.0. The highest BCUT2D eigenvalue weighted by molar-refractivity contribution is 7.13. The number of benzene rings is 1. The number of thiophene rings is 1. The molecule has 5 rings (SSSR count). The summed E-state index contributed by atoms with van der Waals surface area (Å²) >= 11 is 1.67. The zero-order valence-electron chi connectivity index (χ0n) is 16.9. The maximum Gasteiger partial charge on any atom is 0.147 e. The Labute approximate surface area is 183 Å². The summed E-state index contributed by atoms with van der Waals surface area (Å²) in [5, 5.41) is 2.06. The van der Waals surface area contributed by atoms with Gasteiger partial charge in [0.2, 0.25) is 0 Å². The molecule has 0 aliphatic carbocycles. The highest BCUT2D eigenvalue weighted by atomic mass is 32.1. The average Bonchev–Trinajstić information content (AvgIpc) is 3.47. The van der Waals surface area contributed by atoms with E-state index in [4.69, 9.17) is 16.5 Å². The van der Waals surface area contributed by atoms with E-state index in [9.17, 15) is 0 Å². The summed E-state index contributed by atoms with van der Waals surface area (Å²) in [5.74, 6) is 1.19. The lowest BCUT2D eigenvalue weighted by atomic mass is 10.0. The molecule has 6 nitrogen and oxygen atoms in total. The number of nitrogen functional groups attached to an aromatic ring is 2. The van der Waals surface area contributed by atoms with Crippen LogP contribution in [0.5, 0.6) is 0 Å². The third-order valence-corrected chi connectivity index (χ3v) is 6.02. The number of imidazole rings is 1. The van der Waals surface area contributed by atoms with Crippen LogP contribution >= 0.6 is 11.3 Å². The van der Waals surface area contributed by atoms with Crippen molar-refractivity contribution in [3.63, 3.8) is 0 Å². The zero-order valence-corrected chi connectivity index (χ0v) is 17.7. The Kier molecular flexibility index (Phi) is 4.72. The van der Waals surface area contributed by atoms with Gasteiger partial charge in [0.15, 0.2) is 0 Å². The van der Waals surface area contributed by atoms with Gasteiger partial charge in [-0.25, -0.2) is 9.97 Å². The van der Waals surface area contributed by atoms with Crippen molar-refractivity contribution in [1.82, 2.24) is 19.5 Å². The van der Waals surface area contributed by atoms with Gasteiger partial charge in [-0.3, -0.25) is 9.55 Å². The van der Waals surface area contributed by atoms with Gasteiger partial charge in [-0.2, -0.15) is 0 Å². The van der Waals surface area contributed by atoms with Crippen LogP contribution in [0.4, 0.5) is 11.5 Å². The molecular formula is C24H20N6S. The third-order valence-electron chi connectivity index (χ3n) is 5.13. The molecule has 31 heavy (non-hydrogen) atoms. The zero-order chi connectivity index (χ0) is 21.4. The van der Waals surface area contributed by atoms with E-state index in [1.54, 1.807) is 17.5 Å². The van der Waals surface area contributed by atoms with E-state index in [1.165, 1.54) is 0 Å². The summed E-state index contributed by atoms with van der Waals surface area (Å²) in [6, 6.07) is 18.2. The van der Waals surface area contributed by atoms with E-state index in [-0.39, 0.29) is 0 Å². The smallest absolute Gasteiger partial charge is 0.147 e. The van der Waals surface area contributed by atoms with Crippen LogP contribution in [-0.2, 0) is 0 Å². The first-order valence-electron chi connectivity index (χ1n) is 9.77. The van der Waals surface area contributed by atoms with Gasteiger partial charge in [0.25, 0.3) is 0 Å². The van der Waals surface area contributed by atoms with E-state index < -0.39 is 0 Å². The molecule has 0 fully saturated rings. The maximum absolute atomic E-state index is 6.12. The molecule has 7 heteroatoms. The molecule has 4 N–H and O–H groups in total. The topological polar surface area (TPSA) is 95.6 Å². The fourth-order valence-electron chi connectivity index (χ4n) is 3.47. The summed E-state index contributed by atoms with van der Waals surface area (Å²) in [6.45, 7) is 1.98. The lowest BCUT2D eigenvalue weighted by molar-refractivity contribution is 1.04. The van der Waals surface area contributed by atoms with Gasteiger partial charge in [-0.15, -0.1) is 11.3 Å². The van der Waals surface area contributed by atoms with Gasteiger partial charge in [0, 0.05) is 29.2 Å². The van der Waals surface area contributed by atoms with Gasteiger partial charge in [0.1, 0.15) is 11.6 Å². The Morgan fingerprint density at radius 2 is 1.71 bits per heavy atom. The Balaban J connectivity index is 1.60. The first-order chi connectivity index (χ1) is 15.1. The van der Waals surface area contributed by atoms with E-state index in [1.807, 2.05) is 55.6 Å². The lowest BCUT2D eigenvalue weighted by Gasteiger charge is -2.10. The van der Waals surface area contributed by atoms with Crippen molar-refractivity contribution in [2.45, 2.75) is 6.92 Å². The first-order valence-corrected chi connectivity index (χ1v) is 10.6. The fourth-order valence-corrected chi connectivity index (χ4v) is 4.15. The van der Waals surface area contributed by atoms with Gasteiger partial charge >= 0.3 is 0 Å². The monoisotopic (exact) mass is 424 g/mol. The van der Waals surface area contributed by atoms with Crippen LogP contribution in [0.2, 0.25) is 0 Å². The molecule has 0 saturated carbocycles. The molecule has 0 unspecified atom stereocenters. The van der Waals surface area contributed by atoms with Crippen molar-refractivity contribution < 1.29 is 0 Å². The third kappa shape index (κ3) is 3.55. The summed E-state index contributed by atoms with van der Waals surface area (Å²) in [6.07, 6.45) is 5.59. The number of nitrogens with two attached hydrogens (primary N) is 2. The Hall–Kier alpha value is -3.97. The predicted octanol–water partition coefficient (Wildman–Crippen LogP) is 5.20. The van der Waals surface area contributed by atoms with E-state index >= 15 is 0 Å². The van der Waals surface area contributed by atoms with E-state index in [0.29, 0.717) is 11.5 Å². The second kappa shape index (κ2) is 7.70. The largest absolute Gasteiger partial charge is 0.395 e. The van der Waals surface area contributed by atoms with Crippen molar-refractivity contribution in [2.24, 2.45) is 0 Å². The second-order valence-electron chi connectivity index (χ2n) is 7.19. The summed E-state index contributed by atoms with van der Waals surface area (Å²) < 4.78 is 2.08. The molecule has 0 bridgehead atoms. The maximum atomic E-state index is 6.12. The molecule has 1 aromatic carbocycles. The van der Waals surface area contributed by atoms with Crippen molar-refractivity contribution in [3.05, 3.63) is 84.3 Å². The Morgan fingerprint density at radius 3 is 2.42 bits per heavy atom. The van der Waals surface area contributed by atoms with Crippen molar-refractivity contribution in [2.75, 3.05) is 11.5 Å². The van der Waals surface area contributed by atoms with Crippen LogP contribution in [0.25, 0.3) is 38.8 Å². The minimum atomic E-state index is 0.338. The molecule has 0 saturated heterocycles. The van der Waals surface area contributed by atoms with Gasteiger partial charge in [-0.05, 0) is 42.1 Å². The van der Waals surface area contributed by atoms with Gasteiger partial charge in [0.05, 0.1) is 28.1 Å². The highest BCUT2D eigenvalue weighted by Crippen LogP contribution is 2.33. The standard InChI is InChI=1S/C24H20N6S/c1-15-4-9-18(13-28-15)30-14-20(21-3-2-12-31-21)29-24(30)17-7-5-16(6-8-17)19-10-11-27-23(26)22(19)25/h2-14H,25H2,1H3,(H2,26,27). The fraction of sp³-hybridized carbons (Fsp3) is 0.0417. The molecule has 4 aromatic heterocycles. The van der Waals surface area contributed by atoms with Crippen LogP contribution in [0.1, 0.15) is 5.69 Å². The molecule has 0 spiro atoms. The van der Waals surface area contributed by atoms with Crippen LogP contribution in [0.3, 0.4) is 0 Å². The average molecular weight is 425 g/mol. The number of rotatable bonds is 4. The molecule has 0 amide bonds. The number of anilines is 2. The molecule has 5 aromatic rings. The van der Waals surface area contributed by atoms with Crippen LogP contribution < -0.4 is 11.5 Å². The number of hydrogen-bond donors (Lipinski definition) is 2. The van der Waals surface area contributed by atoms with Crippen molar-refractivity contribution >= 4 is 22.8 Å². The molecule has 152 valence electrons. The molecule has 0 aliphatic rings. The number of pyridine rings is 2.